The van der Waals surface area contributed by atoms with E-state index in [0.29, 0.717) is 12.3 Å². The maximum absolute atomic E-state index is 12.8. The van der Waals surface area contributed by atoms with Crippen molar-refractivity contribution in [2.24, 2.45) is 17.3 Å². The minimum atomic E-state index is -0.0792. The molecule has 1 aromatic carbocycles. The Kier molecular flexibility index (Phi) is 6.46. The fourth-order valence-corrected chi connectivity index (χ4v) is 2.94. The fourth-order valence-electron chi connectivity index (χ4n) is 2.94. The highest BCUT2D eigenvalue weighted by atomic mass is 16.3. The average molecular weight is 305 g/mol. The Morgan fingerprint density at radius 3 is 2.14 bits per heavy atom. The molecule has 2 unspecified atom stereocenters. The SMILES string of the molecule is CCC(C)(C(C)C)C(Cc1ccc(O)cc1)C(=O)NC(C)C. The Hall–Kier alpha value is -1.51. The predicted octanol–water partition coefficient (Wildman–Crippen LogP) is 4.15. The van der Waals surface area contributed by atoms with Crippen molar-refractivity contribution in [2.75, 3.05) is 0 Å². The van der Waals surface area contributed by atoms with Crippen molar-refractivity contribution >= 4 is 5.91 Å². The zero-order valence-electron chi connectivity index (χ0n) is 14.8. The Balaban J connectivity index is 3.10. The summed E-state index contributed by atoms with van der Waals surface area (Å²) in [6.45, 7) is 12.7. The number of rotatable bonds is 7. The number of benzene rings is 1. The van der Waals surface area contributed by atoms with Gasteiger partial charge in [-0.3, -0.25) is 4.79 Å². The summed E-state index contributed by atoms with van der Waals surface area (Å²) in [4.78, 5) is 12.8. The van der Waals surface area contributed by atoms with Crippen molar-refractivity contribution < 1.29 is 9.90 Å². The Labute approximate surface area is 135 Å². The van der Waals surface area contributed by atoms with E-state index in [1.807, 2.05) is 26.0 Å². The van der Waals surface area contributed by atoms with E-state index in [-0.39, 0.29) is 29.0 Å². The monoisotopic (exact) mass is 305 g/mol. The van der Waals surface area contributed by atoms with E-state index in [2.05, 4.69) is 33.0 Å². The first-order valence-electron chi connectivity index (χ1n) is 8.29. The number of phenols is 1. The standard InChI is InChI=1S/C19H31NO2/c1-7-19(6,13(2)3)17(18(22)20-14(4)5)12-15-8-10-16(21)11-9-15/h8-11,13-14,17,21H,7,12H2,1-6H3,(H,20,22). The molecule has 0 heterocycles. The van der Waals surface area contributed by atoms with Crippen LogP contribution in [0.5, 0.6) is 5.75 Å². The maximum Gasteiger partial charge on any atom is 0.224 e. The van der Waals surface area contributed by atoms with Crippen LogP contribution in [-0.4, -0.2) is 17.1 Å². The molecular formula is C19H31NO2. The molecule has 0 fully saturated rings. The van der Waals surface area contributed by atoms with Gasteiger partial charge in [0, 0.05) is 12.0 Å². The average Bonchev–Trinajstić information content (AvgIpc) is 2.44. The Morgan fingerprint density at radius 1 is 1.18 bits per heavy atom. The zero-order valence-corrected chi connectivity index (χ0v) is 14.8. The van der Waals surface area contributed by atoms with E-state index in [4.69, 9.17) is 0 Å². The number of amides is 1. The zero-order chi connectivity index (χ0) is 16.9. The summed E-state index contributed by atoms with van der Waals surface area (Å²) >= 11 is 0. The summed E-state index contributed by atoms with van der Waals surface area (Å²) < 4.78 is 0. The number of aromatic hydroxyl groups is 1. The highest BCUT2D eigenvalue weighted by molar-refractivity contribution is 5.80. The molecule has 2 N–H and O–H groups in total. The number of phenolic OH excluding ortho intramolecular Hbond substituents is 1. The summed E-state index contributed by atoms with van der Waals surface area (Å²) in [6.07, 6.45) is 1.65. The van der Waals surface area contributed by atoms with E-state index in [9.17, 15) is 9.90 Å². The van der Waals surface area contributed by atoms with Crippen molar-refractivity contribution in [2.45, 2.75) is 60.4 Å². The second kappa shape index (κ2) is 7.66. The summed E-state index contributed by atoms with van der Waals surface area (Å²) in [5.41, 5.74) is 1.03. The van der Waals surface area contributed by atoms with Crippen LogP contribution in [0, 0.1) is 17.3 Å². The number of hydrogen-bond donors (Lipinski definition) is 2. The molecule has 1 rings (SSSR count). The second-order valence-corrected chi connectivity index (χ2v) is 7.10. The Morgan fingerprint density at radius 2 is 1.73 bits per heavy atom. The summed E-state index contributed by atoms with van der Waals surface area (Å²) in [5, 5.41) is 12.5. The van der Waals surface area contributed by atoms with E-state index in [1.54, 1.807) is 12.1 Å². The van der Waals surface area contributed by atoms with Crippen LogP contribution in [0.4, 0.5) is 0 Å². The largest absolute Gasteiger partial charge is 0.508 e. The van der Waals surface area contributed by atoms with Gasteiger partial charge in [-0.05, 0) is 55.7 Å². The third-order valence-electron chi connectivity index (χ3n) is 5.00. The molecule has 124 valence electrons. The smallest absolute Gasteiger partial charge is 0.224 e. The van der Waals surface area contributed by atoms with Crippen LogP contribution >= 0.6 is 0 Å². The molecular weight excluding hydrogens is 274 g/mol. The van der Waals surface area contributed by atoms with E-state index < -0.39 is 0 Å². The molecule has 0 saturated carbocycles. The number of carbonyl (C=O) groups excluding carboxylic acids is 1. The van der Waals surface area contributed by atoms with Crippen LogP contribution in [0.1, 0.15) is 53.5 Å². The van der Waals surface area contributed by atoms with Crippen LogP contribution in [0.25, 0.3) is 0 Å². The van der Waals surface area contributed by atoms with Gasteiger partial charge < -0.3 is 10.4 Å². The molecule has 1 amide bonds. The Bertz CT molecular complexity index is 479. The highest BCUT2D eigenvalue weighted by Crippen LogP contribution is 2.41. The molecule has 0 aliphatic heterocycles. The van der Waals surface area contributed by atoms with Gasteiger partial charge in [0.2, 0.25) is 5.91 Å². The van der Waals surface area contributed by atoms with Crippen molar-refractivity contribution in [3.63, 3.8) is 0 Å². The van der Waals surface area contributed by atoms with Gasteiger partial charge in [-0.1, -0.05) is 39.8 Å². The van der Waals surface area contributed by atoms with Gasteiger partial charge in [0.15, 0.2) is 0 Å². The van der Waals surface area contributed by atoms with Crippen molar-refractivity contribution in [3.8, 4) is 5.75 Å². The van der Waals surface area contributed by atoms with Crippen LogP contribution in [0.3, 0.4) is 0 Å². The van der Waals surface area contributed by atoms with Crippen LogP contribution in [-0.2, 0) is 11.2 Å². The van der Waals surface area contributed by atoms with Gasteiger partial charge in [0.1, 0.15) is 5.75 Å². The topological polar surface area (TPSA) is 49.3 Å². The molecule has 3 nitrogen and oxygen atoms in total. The van der Waals surface area contributed by atoms with Crippen LogP contribution in [0.15, 0.2) is 24.3 Å². The van der Waals surface area contributed by atoms with Gasteiger partial charge in [0.25, 0.3) is 0 Å². The minimum Gasteiger partial charge on any atom is -0.508 e. The quantitative estimate of drug-likeness (QED) is 0.795. The van der Waals surface area contributed by atoms with Crippen molar-refractivity contribution in [1.29, 1.82) is 0 Å². The normalized spacial score (nSPS) is 15.6. The molecule has 2 atom stereocenters. The minimum absolute atomic E-state index is 0.0587. The molecule has 0 aliphatic rings. The van der Waals surface area contributed by atoms with Crippen LogP contribution in [0.2, 0.25) is 0 Å². The van der Waals surface area contributed by atoms with Gasteiger partial charge in [-0.15, -0.1) is 0 Å². The molecule has 1 aromatic rings. The molecule has 3 heteroatoms. The van der Waals surface area contributed by atoms with E-state index in [1.165, 1.54) is 0 Å². The second-order valence-electron chi connectivity index (χ2n) is 7.10. The molecule has 22 heavy (non-hydrogen) atoms. The maximum atomic E-state index is 12.8. The summed E-state index contributed by atoms with van der Waals surface area (Å²) in [5.74, 6) is 0.720. The lowest BCUT2D eigenvalue weighted by Crippen LogP contribution is -2.46. The summed E-state index contributed by atoms with van der Waals surface area (Å²) in [6, 6.07) is 7.32. The van der Waals surface area contributed by atoms with Crippen LogP contribution < -0.4 is 5.32 Å². The van der Waals surface area contributed by atoms with Gasteiger partial charge in [-0.2, -0.15) is 0 Å². The lowest BCUT2D eigenvalue weighted by Gasteiger charge is -2.40. The molecule has 0 spiro atoms. The van der Waals surface area contributed by atoms with E-state index >= 15 is 0 Å². The molecule has 0 bridgehead atoms. The first-order valence-corrected chi connectivity index (χ1v) is 8.29. The first-order chi connectivity index (χ1) is 10.2. The molecule has 0 radical (unpaired) electrons. The van der Waals surface area contributed by atoms with Gasteiger partial charge >= 0.3 is 0 Å². The predicted molar refractivity (Wildman–Crippen MR) is 91.8 cm³/mol. The third kappa shape index (κ3) is 4.49. The molecule has 0 aliphatic carbocycles. The van der Waals surface area contributed by atoms with Crippen molar-refractivity contribution in [3.05, 3.63) is 29.8 Å². The lowest BCUT2D eigenvalue weighted by molar-refractivity contribution is -0.131. The van der Waals surface area contributed by atoms with E-state index in [0.717, 1.165) is 12.0 Å². The summed E-state index contributed by atoms with van der Waals surface area (Å²) in [7, 11) is 0. The lowest BCUT2D eigenvalue weighted by atomic mass is 9.65. The number of hydrogen-bond acceptors (Lipinski definition) is 2. The fraction of sp³-hybridized carbons (Fsp3) is 0.632. The molecule has 0 aromatic heterocycles. The third-order valence-corrected chi connectivity index (χ3v) is 5.00. The number of carbonyl (C=O) groups is 1. The van der Waals surface area contributed by atoms with Gasteiger partial charge in [0.05, 0.1) is 0 Å². The molecule has 0 saturated heterocycles. The van der Waals surface area contributed by atoms with Crippen molar-refractivity contribution in [1.82, 2.24) is 5.32 Å². The first kappa shape index (κ1) is 18.5. The number of nitrogens with one attached hydrogen (secondary N) is 1. The highest BCUT2D eigenvalue weighted by Gasteiger charge is 2.40. The van der Waals surface area contributed by atoms with Gasteiger partial charge in [-0.25, -0.2) is 0 Å².